The monoisotopic (exact) mass is 352 g/mol. The normalized spacial score (nSPS) is 20.5. The molecule has 25 heavy (non-hydrogen) atoms. The molecule has 8 heteroatoms. The van der Waals surface area contributed by atoms with Gasteiger partial charge in [-0.2, -0.15) is 5.16 Å². The summed E-state index contributed by atoms with van der Waals surface area (Å²) < 4.78 is 37.4. The van der Waals surface area contributed by atoms with Crippen molar-refractivity contribution < 1.29 is 22.8 Å². The van der Waals surface area contributed by atoms with Crippen LogP contribution >= 0.6 is 0 Å². The number of nitrogens with one attached hydrogen (secondary N) is 1. The molecule has 2 atom stereocenters. The first-order valence-electron chi connectivity index (χ1n) is 7.95. The zero-order valence-electron chi connectivity index (χ0n) is 13.6. The molecule has 1 aromatic carbocycles. The van der Waals surface area contributed by atoms with E-state index in [1.807, 2.05) is 0 Å². The van der Waals surface area contributed by atoms with Crippen LogP contribution in [-0.4, -0.2) is 35.8 Å². The Morgan fingerprint density at radius 3 is 2.88 bits per heavy atom. The topological polar surface area (TPSA) is 75.5 Å². The first kappa shape index (κ1) is 17.2. The van der Waals surface area contributed by atoms with E-state index in [2.05, 4.69) is 5.16 Å². The molecule has 1 aromatic heterocycles. The van der Waals surface area contributed by atoms with Crippen molar-refractivity contribution in [3.05, 3.63) is 57.6 Å². The number of likely N-dealkylation sites (tertiary alicyclic amines) is 1. The maximum absolute atomic E-state index is 14.0. The fourth-order valence-corrected chi connectivity index (χ4v) is 3.31. The maximum atomic E-state index is 14.0. The zero-order valence-corrected chi connectivity index (χ0v) is 13.6. The van der Waals surface area contributed by atoms with Gasteiger partial charge in [-0.1, -0.05) is 0 Å². The highest BCUT2D eigenvalue weighted by Crippen LogP contribution is 2.33. The van der Waals surface area contributed by atoms with Crippen LogP contribution in [-0.2, 0) is 11.2 Å². The number of ether oxygens (including phenoxy) is 1. The third kappa shape index (κ3) is 3.72. The van der Waals surface area contributed by atoms with E-state index in [4.69, 9.17) is 9.26 Å². The van der Waals surface area contributed by atoms with Crippen LogP contribution in [0.5, 0.6) is 0 Å². The number of halogens is 2. The number of aromatic amines is 1. The molecular weight excluding hydrogens is 334 g/mol. The number of aromatic nitrogens is 1. The van der Waals surface area contributed by atoms with E-state index in [-0.39, 0.29) is 23.5 Å². The molecule has 1 aliphatic heterocycles. The number of piperidine rings is 1. The minimum Gasteiger partial charge on any atom is -0.453 e. The molecule has 2 aromatic rings. The van der Waals surface area contributed by atoms with Gasteiger partial charge >= 0.3 is 6.09 Å². The van der Waals surface area contributed by atoms with E-state index in [1.165, 1.54) is 18.1 Å². The lowest BCUT2D eigenvalue weighted by Crippen LogP contribution is -2.46. The lowest BCUT2D eigenvalue weighted by Gasteiger charge is -2.38. The second-order valence-electron chi connectivity index (χ2n) is 6.09. The summed E-state index contributed by atoms with van der Waals surface area (Å²) in [7, 11) is 1.28. The SMILES string of the molecule is COC(=O)N1CC[C@H](c2cc(=O)[nH]o2)C[C@H]1Cc1cc(F)ccc1F. The van der Waals surface area contributed by atoms with Crippen molar-refractivity contribution in [3.8, 4) is 0 Å². The molecular formula is C17H18F2N2O4. The van der Waals surface area contributed by atoms with Crippen LogP contribution in [0, 0.1) is 11.6 Å². The Morgan fingerprint density at radius 2 is 2.20 bits per heavy atom. The van der Waals surface area contributed by atoms with Gasteiger partial charge in [0.25, 0.3) is 5.56 Å². The number of nitrogens with zero attached hydrogens (tertiary/aromatic N) is 1. The molecule has 0 spiro atoms. The molecule has 1 aliphatic rings. The fourth-order valence-electron chi connectivity index (χ4n) is 3.31. The summed E-state index contributed by atoms with van der Waals surface area (Å²) in [6, 6.07) is 4.22. The standard InChI is InChI=1S/C17H18F2N2O4/c1-24-17(23)21-5-4-10(15-9-16(22)20-25-15)7-13(21)8-11-6-12(18)2-3-14(11)19/h2-3,6,9-10,13H,4-5,7-8H2,1H3,(H,20,22)/t10-,13-/m0/s1. The molecule has 0 bridgehead atoms. The van der Waals surface area contributed by atoms with Gasteiger partial charge in [-0.25, -0.2) is 13.6 Å². The van der Waals surface area contributed by atoms with Crippen LogP contribution in [0.3, 0.4) is 0 Å². The lowest BCUT2D eigenvalue weighted by atomic mass is 9.86. The lowest BCUT2D eigenvalue weighted by molar-refractivity contribution is 0.0814. The number of amides is 1. The van der Waals surface area contributed by atoms with Gasteiger partial charge in [0.15, 0.2) is 0 Å². The number of carbonyl (C=O) groups is 1. The summed E-state index contributed by atoms with van der Waals surface area (Å²) in [4.78, 5) is 24.8. The van der Waals surface area contributed by atoms with Crippen LogP contribution in [0.15, 0.2) is 33.6 Å². The Hall–Kier alpha value is -2.64. The highest BCUT2D eigenvalue weighted by Gasteiger charge is 2.35. The van der Waals surface area contributed by atoms with Crippen molar-refractivity contribution in [1.29, 1.82) is 0 Å². The number of hydrogen-bond donors (Lipinski definition) is 1. The number of rotatable bonds is 3. The Balaban J connectivity index is 1.85. The third-order valence-corrected chi connectivity index (χ3v) is 4.53. The van der Waals surface area contributed by atoms with Gasteiger partial charge in [-0.3, -0.25) is 4.79 Å². The number of benzene rings is 1. The number of hydrogen-bond acceptors (Lipinski definition) is 4. The summed E-state index contributed by atoms with van der Waals surface area (Å²) in [6.07, 6.45) is 0.657. The molecule has 1 amide bonds. The Morgan fingerprint density at radius 1 is 1.40 bits per heavy atom. The average Bonchev–Trinajstić information content (AvgIpc) is 3.04. The third-order valence-electron chi connectivity index (χ3n) is 4.53. The molecule has 1 saturated heterocycles. The number of H-pyrrole nitrogens is 1. The van der Waals surface area contributed by atoms with Crippen molar-refractivity contribution in [1.82, 2.24) is 10.1 Å². The highest BCUT2D eigenvalue weighted by molar-refractivity contribution is 5.68. The summed E-state index contributed by atoms with van der Waals surface area (Å²) in [5, 5.41) is 2.25. The van der Waals surface area contributed by atoms with Gasteiger partial charge in [0.1, 0.15) is 17.4 Å². The van der Waals surface area contributed by atoms with E-state index < -0.39 is 23.8 Å². The first-order valence-corrected chi connectivity index (χ1v) is 7.95. The molecule has 1 N–H and O–H groups in total. The minimum absolute atomic E-state index is 0.0959. The van der Waals surface area contributed by atoms with Crippen LogP contribution in [0.25, 0.3) is 0 Å². The molecule has 1 fully saturated rings. The Bertz CT molecular complexity index is 817. The van der Waals surface area contributed by atoms with E-state index in [0.29, 0.717) is 25.1 Å². The van der Waals surface area contributed by atoms with E-state index in [9.17, 15) is 18.4 Å². The van der Waals surface area contributed by atoms with E-state index in [0.717, 1.165) is 18.2 Å². The molecule has 134 valence electrons. The quantitative estimate of drug-likeness (QED) is 0.922. The Labute approximate surface area is 142 Å². The van der Waals surface area contributed by atoms with Crippen LogP contribution in [0.4, 0.5) is 13.6 Å². The first-order chi connectivity index (χ1) is 12.0. The van der Waals surface area contributed by atoms with Gasteiger partial charge in [-0.15, -0.1) is 0 Å². The largest absolute Gasteiger partial charge is 0.453 e. The number of carbonyl (C=O) groups excluding carboxylic acids is 1. The molecule has 0 aliphatic carbocycles. The average molecular weight is 352 g/mol. The molecule has 0 saturated carbocycles. The van der Waals surface area contributed by atoms with E-state index in [1.54, 1.807) is 0 Å². The molecule has 6 nitrogen and oxygen atoms in total. The van der Waals surface area contributed by atoms with Crippen molar-refractivity contribution >= 4 is 6.09 Å². The smallest absolute Gasteiger partial charge is 0.409 e. The Kier molecular flexibility index (Phi) is 4.87. The van der Waals surface area contributed by atoms with Crippen LogP contribution in [0.2, 0.25) is 0 Å². The number of methoxy groups -OCH3 is 1. The summed E-state index contributed by atoms with van der Waals surface area (Å²) in [6.45, 7) is 0.369. The van der Waals surface area contributed by atoms with Crippen LogP contribution < -0.4 is 5.56 Å². The highest BCUT2D eigenvalue weighted by atomic mass is 19.1. The molecule has 0 radical (unpaired) electrons. The van der Waals surface area contributed by atoms with Gasteiger partial charge in [0.2, 0.25) is 0 Å². The molecule has 0 unspecified atom stereocenters. The predicted molar refractivity (Wildman–Crippen MR) is 84.3 cm³/mol. The second kappa shape index (κ2) is 7.08. The van der Waals surface area contributed by atoms with Crippen molar-refractivity contribution in [2.45, 2.75) is 31.2 Å². The van der Waals surface area contributed by atoms with Crippen molar-refractivity contribution in [2.75, 3.05) is 13.7 Å². The van der Waals surface area contributed by atoms with Gasteiger partial charge < -0.3 is 14.2 Å². The molecule has 3 rings (SSSR count). The summed E-state index contributed by atoms with van der Waals surface area (Å²) in [5.74, 6) is -0.660. The molecule has 2 heterocycles. The van der Waals surface area contributed by atoms with Crippen molar-refractivity contribution in [3.63, 3.8) is 0 Å². The maximum Gasteiger partial charge on any atom is 0.409 e. The van der Waals surface area contributed by atoms with Crippen LogP contribution in [0.1, 0.15) is 30.1 Å². The van der Waals surface area contributed by atoms with Gasteiger partial charge in [-0.05, 0) is 43.0 Å². The second-order valence-corrected chi connectivity index (χ2v) is 6.09. The zero-order chi connectivity index (χ0) is 18.0. The predicted octanol–water partition coefficient (Wildman–Crippen LogP) is 2.80. The minimum atomic E-state index is -0.537. The summed E-state index contributed by atoms with van der Waals surface area (Å²) >= 11 is 0. The van der Waals surface area contributed by atoms with Gasteiger partial charge in [0.05, 0.1) is 7.11 Å². The van der Waals surface area contributed by atoms with Crippen molar-refractivity contribution in [2.24, 2.45) is 0 Å². The summed E-state index contributed by atoms with van der Waals surface area (Å²) in [5.41, 5.74) is -0.145. The van der Waals surface area contributed by atoms with E-state index >= 15 is 0 Å². The van der Waals surface area contributed by atoms with Gasteiger partial charge in [0, 0.05) is 24.6 Å². The fraction of sp³-hybridized carbons (Fsp3) is 0.412.